The lowest BCUT2D eigenvalue weighted by atomic mass is 9.92. The maximum atomic E-state index is 9.09. The molecule has 0 saturated heterocycles. The van der Waals surface area contributed by atoms with Gasteiger partial charge >= 0.3 is 0 Å². The molecular weight excluding hydrogens is 408 g/mol. The van der Waals surface area contributed by atoms with Gasteiger partial charge < -0.3 is 15.6 Å². The Morgan fingerprint density at radius 3 is 2.74 bits per heavy atom. The molecule has 3 N–H and O–H groups in total. The minimum Gasteiger partial charge on any atom is -0.489 e. The molecule has 0 radical (unpaired) electrons. The van der Waals surface area contributed by atoms with Crippen LogP contribution in [-0.4, -0.2) is 46.0 Å². The number of ether oxygens (including phenoxy) is 1. The highest BCUT2D eigenvalue weighted by atomic mass is 32.1. The van der Waals surface area contributed by atoms with Crippen LogP contribution in [0.5, 0.6) is 5.75 Å². The highest BCUT2D eigenvalue weighted by Gasteiger charge is 2.21. The molecule has 0 spiro atoms. The quantitative estimate of drug-likeness (QED) is 0.535. The highest BCUT2D eigenvalue weighted by Crippen LogP contribution is 2.36. The van der Waals surface area contributed by atoms with Crippen molar-refractivity contribution in [3.05, 3.63) is 47.0 Å². The van der Waals surface area contributed by atoms with Gasteiger partial charge in [0.2, 0.25) is 0 Å². The molecule has 1 aromatic heterocycles. The van der Waals surface area contributed by atoms with Crippen molar-refractivity contribution in [3.8, 4) is 26.9 Å². The van der Waals surface area contributed by atoms with E-state index in [9.17, 15) is 0 Å². The number of aromatic nitrogens is 2. The van der Waals surface area contributed by atoms with Crippen LogP contribution in [0.1, 0.15) is 37.0 Å². The summed E-state index contributed by atoms with van der Waals surface area (Å²) in [5.41, 5.74) is 13.0. The van der Waals surface area contributed by atoms with Crippen LogP contribution in [0.3, 0.4) is 0 Å². The molecule has 0 saturated carbocycles. The van der Waals surface area contributed by atoms with Gasteiger partial charge in [0.15, 0.2) is 0 Å². The zero-order valence-electron chi connectivity index (χ0n) is 18.4. The predicted molar refractivity (Wildman–Crippen MR) is 126 cm³/mol. The van der Waals surface area contributed by atoms with Gasteiger partial charge in [-0.2, -0.15) is 0 Å². The van der Waals surface area contributed by atoms with E-state index in [1.165, 1.54) is 16.7 Å². The van der Waals surface area contributed by atoms with Gasteiger partial charge in [0, 0.05) is 37.4 Å². The van der Waals surface area contributed by atoms with Crippen LogP contribution < -0.4 is 10.5 Å². The van der Waals surface area contributed by atoms with Crippen molar-refractivity contribution in [1.82, 2.24) is 15.1 Å². The first-order valence-electron chi connectivity index (χ1n) is 10.8. The lowest BCUT2D eigenvalue weighted by Gasteiger charge is -2.30. The molecule has 7 heteroatoms. The summed E-state index contributed by atoms with van der Waals surface area (Å²) >= 11 is 1.59. The van der Waals surface area contributed by atoms with E-state index in [1.807, 2.05) is 32.0 Å². The molecule has 0 bridgehead atoms. The molecule has 3 aromatic rings. The highest BCUT2D eigenvalue weighted by molar-refractivity contribution is 7.17. The van der Waals surface area contributed by atoms with Gasteiger partial charge in [-0.05, 0) is 68.5 Å². The number of nitrogens with two attached hydrogens (primary N) is 1. The number of nitrogen functional groups attached to an aromatic ring is 1. The molecule has 164 valence electrons. The van der Waals surface area contributed by atoms with Crippen LogP contribution in [0.2, 0.25) is 0 Å². The number of hydrogen-bond donors (Lipinski definition) is 2. The zero-order valence-corrected chi connectivity index (χ0v) is 19.2. The maximum Gasteiger partial charge on any atom is 0.148 e. The standard InChI is InChI=1S/C24H30N4O2S/c1-15(2)30-22-8-6-17(13-21(22)25)23-26-27-24(31-23)20-7-5-18-14-28(10-4-12-29)11-9-19(18)16(20)3/h5-8,13,15,29H,4,9-12,14,25H2,1-3H3. The van der Waals surface area contributed by atoms with Crippen molar-refractivity contribution in [3.63, 3.8) is 0 Å². The SMILES string of the molecule is Cc1c(-c2nnc(-c3ccc(OC(C)C)c(N)c3)s2)ccc2c1CCN(CCCO)C2. The largest absolute Gasteiger partial charge is 0.489 e. The van der Waals surface area contributed by atoms with Crippen molar-refractivity contribution in [1.29, 1.82) is 0 Å². The summed E-state index contributed by atoms with van der Waals surface area (Å²) in [7, 11) is 0. The molecule has 0 amide bonds. The predicted octanol–water partition coefficient (Wildman–Crippen LogP) is 4.29. The number of hydrogen-bond acceptors (Lipinski definition) is 7. The summed E-state index contributed by atoms with van der Waals surface area (Å²) in [5.74, 6) is 0.696. The third-order valence-electron chi connectivity index (χ3n) is 5.67. The van der Waals surface area contributed by atoms with Crippen LogP contribution in [0, 0.1) is 6.92 Å². The maximum absolute atomic E-state index is 9.09. The van der Waals surface area contributed by atoms with E-state index in [1.54, 1.807) is 11.3 Å². The van der Waals surface area contributed by atoms with Crippen molar-refractivity contribution in [2.45, 2.75) is 46.3 Å². The molecule has 0 unspecified atom stereocenters. The fourth-order valence-corrected chi connectivity index (χ4v) is 5.03. The molecule has 2 heterocycles. The number of anilines is 1. The summed E-state index contributed by atoms with van der Waals surface area (Å²) in [4.78, 5) is 2.41. The van der Waals surface area contributed by atoms with E-state index < -0.39 is 0 Å². The van der Waals surface area contributed by atoms with Gasteiger partial charge in [0.25, 0.3) is 0 Å². The number of aliphatic hydroxyl groups excluding tert-OH is 1. The van der Waals surface area contributed by atoms with E-state index in [4.69, 9.17) is 15.6 Å². The van der Waals surface area contributed by atoms with Crippen LogP contribution in [0.15, 0.2) is 30.3 Å². The smallest absolute Gasteiger partial charge is 0.148 e. The molecule has 4 rings (SSSR count). The lowest BCUT2D eigenvalue weighted by molar-refractivity contribution is 0.212. The summed E-state index contributed by atoms with van der Waals surface area (Å²) in [6.45, 7) is 9.33. The van der Waals surface area contributed by atoms with E-state index in [-0.39, 0.29) is 12.7 Å². The van der Waals surface area contributed by atoms with Gasteiger partial charge in [-0.1, -0.05) is 23.5 Å². The minimum absolute atomic E-state index is 0.0787. The fraction of sp³-hybridized carbons (Fsp3) is 0.417. The molecule has 1 aliphatic rings. The first-order valence-corrected chi connectivity index (χ1v) is 11.6. The summed E-state index contributed by atoms with van der Waals surface area (Å²) in [5, 5.41) is 19.8. The zero-order chi connectivity index (χ0) is 22.0. The first-order chi connectivity index (χ1) is 15.0. The molecule has 0 aliphatic carbocycles. The normalized spacial score (nSPS) is 14.1. The third kappa shape index (κ3) is 4.74. The third-order valence-corrected chi connectivity index (χ3v) is 6.68. The van der Waals surface area contributed by atoms with Gasteiger partial charge in [-0.3, -0.25) is 4.90 Å². The van der Waals surface area contributed by atoms with E-state index in [0.29, 0.717) is 11.4 Å². The Kier molecular flexibility index (Phi) is 6.55. The van der Waals surface area contributed by atoms with Crippen LogP contribution in [0.4, 0.5) is 5.69 Å². The van der Waals surface area contributed by atoms with Crippen LogP contribution in [0.25, 0.3) is 21.1 Å². The number of rotatable bonds is 7. The molecule has 6 nitrogen and oxygen atoms in total. The molecular formula is C24H30N4O2S. The number of aliphatic hydroxyl groups is 1. The molecule has 1 aliphatic heterocycles. The Labute approximate surface area is 187 Å². The monoisotopic (exact) mass is 438 g/mol. The second kappa shape index (κ2) is 9.34. The van der Waals surface area contributed by atoms with Crippen molar-refractivity contribution >= 4 is 17.0 Å². The Morgan fingerprint density at radius 2 is 2.00 bits per heavy atom. The number of benzene rings is 2. The van der Waals surface area contributed by atoms with Crippen molar-refractivity contribution in [2.24, 2.45) is 0 Å². The number of nitrogens with zero attached hydrogens (tertiary/aromatic N) is 3. The fourth-order valence-electron chi connectivity index (χ4n) is 4.11. The van der Waals surface area contributed by atoms with E-state index in [2.05, 4.69) is 34.2 Å². The Hall–Kier alpha value is -2.48. The minimum atomic E-state index is 0.0787. The lowest BCUT2D eigenvalue weighted by Crippen LogP contribution is -2.32. The van der Waals surface area contributed by atoms with Gasteiger partial charge in [0.05, 0.1) is 11.8 Å². The van der Waals surface area contributed by atoms with Gasteiger partial charge in [-0.25, -0.2) is 0 Å². The van der Waals surface area contributed by atoms with Gasteiger partial charge in [-0.15, -0.1) is 10.2 Å². The topological polar surface area (TPSA) is 84.5 Å². The molecule has 31 heavy (non-hydrogen) atoms. The van der Waals surface area contributed by atoms with Crippen LogP contribution in [-0.2, 0) is 13.0 Å². The Balaban J connectivity index is 1.57. The van der Waals surface area contributed by atoms with Crippen molar-refractivity contribution in [2.75, 3.05) is 25.4 Å². The summed E-state index contributed by atoms with van der Waals surface area (Å²) in [6, 6.07) is 10.2. The second-order valence-electron chi connectivity index (χ2n) is 8.31. The van der Waals surface area contributed by atoms with Crippen molar-refractivity contribution < 1.29 is 9.84 Å². The van der Waals surface area contributed by atoms with Crippen LogP contribution >= 0.6 is 11.3 Å². The van der Waals surface area contributed by atoms with E-state index in [0.717, 1.165) is 53.6 Å². The molecule has 0 fully saturated rings. The first kappa shape index (κ1) is 21.7. The Bertz CT molecular complexity index is 1060. The Morgan fingerprint density at radius 1 is 1.19 bits per heavy atom. The molecule has 0 atom stereocenters. The second-order valence-corrected chi connectivity index (χ2v) is 9.29. The summed E-state index contributed by atoms with van der Waals surface area (Å²) in [6.07, 6.45) is 1.93. The average Bonchev–Trinajstić information content (AvgIpc) is 3.23. The molecule has 2 aromatic carbocycles. The average molecular weight is 439 g/mol. The summed E-state index contributed by atoms with van der Waals surface area (Å²) < 4.78 is 5.73. The van der Waals surface area contributed by atoms with Gasteiger partial charge in [0.1, 0.15) is 15.8 Å². The number of fused-ring (bicyclic) bond motifs is 1. The van der Waals surface area contributed by atoms with E-state index >= 15 is 0 Å².